The van der Waals surface area contributed by atoms with Gasteiger partial charge in [0.05, 0.1) is 5.52 Å². The summed E-state index contributed by atoms with van der Waals surface area (Å²) in [6.07, 6.45) is 3.69. The number of fused-ring (bicyclic) bond motifs is 2. The second kappa shape index (κ2) is 8.47. The van der Waals surface area contributed by atoms with Gasteiger partial charge in [-0.05, 0) is 23.6 Å². The van der Waals surface area contributed by atoms with E-state index >= 15 is 0 Å². The van der Waals surface area contributed by atoms with E-state index in [0.717, 1.165) is 54.0 Å². The van der Waals surface area contributed by atoms with Crippen LogP contribution in [0, 0.1) is 0 Å². The van der Waals surface area contributed by atoms with E-state index in [1.54, 1.807) is 0 Å². The van der Waals surface area contributed by atoms with Crippen LogP contribution in [0.25, 0.3) is 21.7 Å². The first-order valence-electron chi connectivity index (χ1n) is 9.28. The molecule has 4 aromatic rings. The van der Waals surface area contributed by atoms with Crippen molar-refractivity contribution in [1.29, 1.82) is 0 Å². The molecule has 4 rings (SSSR count). The summed E-state index contributed by atoms with van der Waals surface area (Å²) in [5.41, 5.74) is 2.14. The summed E-state index contributed by atoms with van der Waals surface area (Å²) in [6.45, 7) is 3.46. The molecular weight excluding hydrogens is 334 g/mol. The van der Waals surface area contributed by atoms with Gasteiger partial charge in [0.15, 0.2) is 0 Å². The molecule has 0 spiro atoms. The van der Waals surface area contributed by atoms with Crippen molar-refractivity contribution in [3.8, 4) is 0 Å². The van der Waals surface area contributed by atoms with Crippen LogP contribution >= 0.6 is 0 Å². The second-order valence-electron chi connectivity index (χ2n) is 6.36. The van der Waals surface area contributed by atoms with Gasteiger partial charge in [-0.3, -0.25) is 4.98 Å². The molecule has 0 aliphatic carbocycles. The monoisotopic (exact) mass is 357 g/mol. The quantitative estimate of drug-likeness (QED) is 0.418. The highest BCUT2D eigenvalue weighted by Crippen LogP contribution is 2.21. The number of rotatable bonds is 8. The van der Waals surface area contributed by atoms with Gasteiger partial charge in [-0.15, -0.1) is 0 Å². The maximum atomic E-state index is 4.45. The van der Waals surface area contributed by atoms with Gasteiger partial charge in [-0.2, -0.15) is 0 Å². The molecule has 0 aliphatic rings. The third-order valence-corrected chi connectivity index (χ3v) is 4.53. The van der Waals surface area contributed by atoms with Crippen molar-refractivity contribution in [2.24, 2.45) is 0 Å². The molecule has 3 N–H and O–H groups in total. The van der Waals surface area contributed by atoms with Gasteiger partial charge in [0, 0.05) is 55.0 Å². The summed E-state index contributed by atoms with van der Waals surface area (Å²) in [7, 11) is 0. The minimum absolute atomic E-state index is 0.833. The van der Waals surface area contributed by atoms with Gasteiger partial charge in [-0.1, -0.05) is 42.5 Å². The molecule has 0 fully saturated rings. The summed E-state index contributed by atoms with van der Waals surface area (Å²) in [5.74, 6) is 0.941. The van der Waals surface area contributed by atoms with E-state index in [1.807, 2.05) is 54.9 Å². The first-order valence-corrected chi connectivity index (χ1v) is 9.28. The third-order valence-electron chi connectivity index (χ3n) is 4.53. The van der Waals surface area contributed by atoms with Crippen molar-refractivity contribution in [1.82, 2.24) is 15.3 Å². The van der Waals surface area contributed by atoms with Crippen LogP contribution in [0.15, 0.2) is 73.1 Å². The molecule has 136 valence electrons. The summed E-state index contributed by atoms with van der Waals surface area (Å²) in [6, 6.07) is 20.5. The van der Waals surface area contributed by atoms with Gasteiger partial charge >= 0.3 is 0 Å². The van der Waals surface area contributed by atoms with Crippen LogP contribution in [-0.4, -0.2) is 36.1 Å². The highest BCUT2D eigenvalue weighted by atomic mass is 15.0. The second-order valence-corrected chi connectivity index (χ2v) is 6.36. The van der Waals surface area contributed by atoms with Gasteiger partial charge in [0.1, 0.15) is 5.82 Å². The summed E-state index contributed by atoms with van der Waals surface area (Å²) in [4.78, 5) is 8.84. The van der Waals surface area contributed by atoms with Gasteiger partial charge in [0.2, 0.25) is 0 Å². The van der Waals surface area contributed by atoms with E-state index in [9.17, 15) is 0 Å². The lowest BCUT2D eigenvalue weighted by Gasteiger charge is -2.11. The predicted molar refractivity (Wildman–Crippen MR) is 113 cm³/mol. The fourth-order valence-electron chi connectivity index (χ4n) is 3.19. The molecular formula is C22H23N5. The molecule has 2 aromatic carbocycles. The molecule has 0 radical (unpaired) electrons. The van der Waals surface area contributed by atoms with E-state index in [2.05, 4.69) is 44.1 Å². The zero-order valence-corrected chi connectivity index (χ0v) is 15.2. The van der Waals surface area contributed by atoms with Crippen molar-refractivity contribution >= 4 is 33.2 Å². The Morgan fingerprint density at radius 2 is 1.37 bits per heavy atom. The predicted octanol–water partition coefficient (Wildman–Crippen LogP) is 3.90. The maximum absolute atomic E-state index is 4.45. The molecule has 0 saturated heterocycles. The smallest absolute Gasteiger partial charge is 0.133 e. The number of nitrogens with zero attached hydrogens (tertiary/aromatic N) is 2. The highest BCUT2D eigenvalue weighted by Gasteiger charge is 2.01. The maximum Gasteiger partial charge on any atom is 0.133 e. The van der Waals surface area contributed by atoms with E-state index in [1.165, 1.54) is 5.39 Å². The van der Waals surface area contributed by atoms with Crippen molar-refractivity contribution in [2.45, 2.75) is 0 Å². The molecule has 0 unspecified atom stereocenters. The molecule has 27 heavy (non-hydrogen) atoms. The average molecular weight is 357 g/mol. The Labute approximate surface area is 158 Å². The van der Waals surface area contributed by atoms with Crippen LogP contribution in [0.2, 0.25) is 0 Å². The molecule has 0 amide bonds. The first kappa shape index (κ1) is 17.2. The van der Waals surface area contributed by atoms with Crippen LogP contribution in [0.4, 0.5) is 11.5 Å². The van der Waals surface area contributed by atoms with E-state index in [-0.39, 0.29) is 0 Å². The number of aromatic nitrogens is 2. The molecule has 0 bridgehead atoms. The summed E-state index contributed by atoms with van der Waals surface area (Å²) < 4.78 is 0. The Bertz CT molecular complexity index is 937. The van der Waals surface area contributed by atoms with Crippen molar-refractivity contribution in [2.75, 3.05) is 36.8 Å². The highest BCUT2D eigenvalue weighted by molar-refractivity contribution is 5.92. The molecule has 2 heterocycles. The van der Waals surface area contributed by atoms with Crippen LogP contribution in [-0.2, 0) is 0 Å². The number of hydrogen-bond acceptors (Lipinski definition) is 5. The summed E-state index contributed by atoms with van der Waals surface area (Å²) >= 11 is 0. The number of pyridine rings is 2. The average Bonchev–Trinajstić information content (AvgIpc) is 2.73. The van der Waals surface area contributed by atoms with Crippen LogP contribution in [0.1, 0.15) is 0 Å². The Hall–Kier alpha value is -3.18. The Kier molecular flexibility index (Phi) is 5.41. The van der Waals surface area contributed by atoms with E-state index in [4.69, 9.17) is 0 Å². The number of nitrogens with one attached hydrogen (secondary N) is 3. The van der Waals surface area contributed by atoms with E-state index < -0.39 is 0 Å². The minimum Gasteiger partial charge on any atom is -0.383 e. The first-order chi connectivity index (χ1) is 13.4. The fraction of sp³-hybridized carbons (Fsp3) is 0.182. The lowest BCUT2D eigenvalue weighted by Crippen LogP contribution is -2.27. The van der Waals surface area contributed by atoms with Gasteiger partial charge in [0.25, 0.3) is 0 Å². The van der Waals surface area contributed by atoms with E-state index in [0.29, 0.717) is 0 Å². The zero-order chi connectivity index (χ0) is 18.3. The fourth-order valence-corrected chi connectivity index (χ4v) is 3.19. The Morgan fingerprint density at radius 3 is 2.30 bits per heavy atom. The Morgan fingerprint density at radius 1 is 0.630 bits per heavy atom. The van der Waals surface area contributed by atoms with Crippen LogP contribution < -0.4 is 16.0 Å². The minimum atomic E-state index is 0.833. The Balaban J connectivity index is 1.22. The molecule has 0 saturated carbocycles. The normalized spacial score (nSPS) is 11.0. The third kappa shape index (κ3) is 4.15. The van der Waals surface area contributed by atoms with Crippen molar-refractivity contribution in [3.05, 3.63) is 73.1 Å². The topological polar surface area (TPSA) is 61.9 Å². The lowest BCUT2D eigenvalue weighted by molar-refractivity contribution is 0.718. The molecule has 0 aliphatic heterocycles. The molecule has 5 nitrogen and oxygen atoms in total. The molecule has 0 atom stereocenters. The molecule has 2 aromatic heterocycles. The lowest BCUT2D eigenvalue weighted by atomic mass is 10.1. The number of anilines is 2. The number of para-hydroxylation sites is 1. The largest absolute Gasteiger partial charge is 0.383 e. The SMILES string of the molecule is c1ccc2c(NCCNCCNc3ccnc4ccccc34)nccc2c1. The van der Waals surface area contributed by atoms with Crippen molar-refractivity contribution < 1.29 is 0 Å². The molecule has 5 heteroatoms. The van der Waals surface area contributed by atoms with Gasteiger partial charge in [-0.25, -0.2) is 4.98 Å². The summed E-state index contributed by atoms with van der Waals surface area (Å²) in [5, 5.41) is 13.9. The van der Waals surface area contributed by atoms with Crippen LogP contribution in [0.3, 0.4) is 0 Å². The number of benzene rings is 2. The number of hydrogen-bond donors (Lipinski definition) is 3. The van der Waals surface area contributed by atoms with Crippen molar-refractivity contribution in [3.63, 3.8) is 0 Å². The standard InChI is InChI=1S/C22H23N5/c1-2-6-18-17(5-1)9-11-26-22(18)27-16-14-23-13-15-25-21-10-12-24-20-8-4-3-7-19(20)21/h1-12,23H,13-16H2,(H,24,25)(H,26,27). The van der Waals surface area contributed by atoms with Gasteiger partial charge < -0.3 is 16.0 Å². The zero-order valence-electron chi connectivity index (χ0n) is 15.2. The van der Waals surface area contributed by atoms with Crippen LogP contribution in [0.5, 0.6) is 0 Å².